The summed E-state index contributed by atoms with van der Waals surface area (Å²) in [6.45, 7) is 6.34. The zero-order chi connectivity index (χ0) is 13.4. The van der Waals surface area contributed by atoms with E-state index >= 15 is 0 Å². The number of benzene rings is 1. The average molecular weight is 314 g/mol. The fourth-order valence-corrected chi connectivity index (χ4v) is 2.43. The molecule has 0 bridgehead atoms. The number of hydrazine groups is 1. The van der Waals surface area contributed by atoms with Crippen LogP contribution in [0.1, 0.15) is 32.3 Å². The van der Waals surface area contributed by atoms with Crippen molar-refractivity contribution >= 4 is 15.9 Å². The van der Waals surface area contributed by atoms with E-state index in [9.17, 15) is 0 Å². The van der Waals surface area contributed by atoms with Gasteiger partial charge in [0.2, 0.25) is 0 Å². The first-order valence-corrected chi connectivity index (χ1v) is 7.43. The topological polar surface area (TPSA) is 27.3 Å². The molecule has 1 aromatic rings. The van der Waals surface area contributed by atoms with E-state index in [2.05, 4.69) is 63.7 Å². The SMILES string of the molecule is CCCN(NC)C(CC)NCc1ccccc1Br. The number of nitrogens with one attached hydrogen (secondary N) is 2. The van der Waals surface area contributed by atoms with E-state index in [1.165, 1.54) is 10.0 Å². The minimum atomic E-state index is 0.363. The van der Waals surface area contributed by atoms with E-state index in [1.54, 1.807) is 0 Å². The normalized spacial score (nSPS) is 12.9. The Morgan fingerprint density at radius 3 is 2.56 bits per heavy atom. The van der Waals surface area contributed by atoms with Gasteiger partial charge >= 0.3 is 0 Å². The van der Waals surface area contributed by atoms with Gasteiger partial charge in [-0.25, -0.2) is 5.01 Å². The summed E-state index contributed by atoms with van der Waals surface area (Å²) in [4.78, 5) is 0. The van der Waals surface area contributed by atoms with E-state index in [0.29, 0.717) is 6.17 Å². The largest absolute Gasteiger partial charge is 0.297 e. The smallest absolute Gasteiger partial charge is 0.0732 e. The van der Waals surface area contributed by atoms with Crippen molar-refractivity contribution in [1.82, 2.24) is 15.8 Å². The molecular weight excluding hydrogens is 290 g/mol. The van der Waals surface area contributed by atoms with E-state index < -0.39 is 0 Å². The van der Waals surface area contributed by atoms with Crippen molar-refractivity contribution in [3.05, 3.63) is 34.3 Å². The van der Waals surface area contributed by atoms with E-state index in [0.717, 1.165) is 25.9 Å². The Balaban J connectivity index is 2.56. The van der Waals surface area contributed by atoms with Gasteiger partial charge < -0.3 is 0 Å². The van der Waals surface area contributed by atoms with E-state index in [-0.39, 0.29) is 0 Å². The van der Waals surface area contributed by atoms with Crippen LogP contribution < -0.4 is 10.7 Å². The highest BCUT2D eigenvalue weighted by Gasteiger charge is 2.13. The van der Waals surface area contributed by atoms with Gasteiger partial charge in [-0.3, -0.25) is 10.7 Å². The molecule has 18 heavy (non-hydrogen) atoms. The monoisotopic (exact) mass is 313 g/mol. The van der Waals surface area contributed by atoms with Gasteiger partial charge in [-0.2, -0.15) is 0 Å². The summed E-state index contributed by atoms with van der Waals surface area (Å²) < 4.78 is 1.17. The molecule has 1 aromatic carbocycles. The zero-order valence-electron chi connectivity index (χ0n) is 11.5. The first-order valence-electron chi connectivity index (χ1n) is 6.63. The molecule has 0 radical (unpaired) electrons. The summed E-state index contributed by atoms with van der Waals surface area (Å²) in [6, 6.07) is 8.35. The third kappa shape index (κ3) is 4.69. The molecule has 0 aliphatic carbocycles. The van der Waals surface area contributed by atoms with Crippen molar-refractivity contribution in [1.29, 1.82) is 0 Å². The Hall–Kier alpha value is -0.420. The number of nitrogens with zero attached hydrogens (tertiary/aromatic N) is 1. The number of rotatable bonds is 8. The lowest BCUT2D eigenvalue weighted by Crippen LogP contribution is -2.51. The lowest BCUT2D eigenvalue weighted by atomic mass is 10.2. The second-order valence-electron chi connectivity index (χ2n) is 4.31. The van der Waals surface area contributed by atoms with Crippen LogP contribution in [0.5, 0.6) is 0 Å². The molecule has 0 aliphatic heterocycles. The van der Waals surface area contributed by atoms with Crippen LogP contribution >= 0.6 is 15.9 Å². The molecule has 0 spiro atoms. The van der Waals surface area contributed by atoms with Crippen LogP contribution in [0.3, 0.4) is 0 Å². The fraction of sp³-hybridized carbons (Fsp3) is 0.571. The summed E-state index contributed by atoms with van der Waals surface area (Å²) in [5.74, 6) is 0. The van der Waals surface area contributed by atoms with Crippen molar-refractivity contribution in [2.45, 2.75) is 39.4 Å². The molecular formula is C14H24BrN3. The molecule has 1 rings (SSSR count). The van der Waals surface area contributed by atoms with Crippen LogP contribution in [-0.4, -0.2) is 24.8 Å². The van der Waals surface area contributed by atoms with Gasteiger partial charge in [-0.1, -0.05) is 48.0 Å². The number of hydrogen-bond acceptors (Lipinski definition) is 3. The lowest BCUT2D eigenvalue weighted by Gasteiger charge is -2.30. The third-order valence-corrected chi connectivity index (χ3v) is 3.77. The molecule has 0 heterocycles. The van der Waals surface area contributed by atoms with Gasteiger partial charge in [-0.15, -0.1) is 0 Å². The molecule has 0 amide bonds. The van der Waals surface area contributed by atoms with Crippen LogP contribution in [0.2, 0.25) is 0 Å². The maximum Gasteiger partial charge on any atom is 0.0732 e. The van der Waals surface area contributed by atoms with Crippen molar-refractivity contribution in [3.8, 4) is 0 Å². The minimum Gasteiger partial charge on any atom is -0.297 e. The maximum atomic E-state index is 3.60. The van der Waals surface area contributed by atoms with Crippen molar-refractivity contribution < 1.29 is 0 Å². The maximum absolute atomic E-state index is 3.60. The standard InChI is InChI=1S/C14H24BrN3/c1-4-10-18(16-3)14(5-2)17-11-12-8-6-7-9-13(12)15/h6-9,14,16-17H,4-5,10-11H2,1-3H3. The Kier molecular flexibility index (Phi) is 7.51. The molecule has 1 unspecified atom stereocenters. The minimum absolute atomic E-state index is 0.363. The van der Waals surface area contributed by atoms with Gasteiger partial charge in [0.15, 0.2) is 0 Å². The van der Waals surface area contributed by atoms with Crippen LogP contribution in [0.25, 0.3) is 0 Å². The first kappa shape index (κ1) is 15.6. The van der Waals surface area contributed by atoms with Crippen molar-refractivity contribution in [2.75, 3.05) is 13.6 Å². The molecule has 2 N–H and O–H groups in total. The van der Waals surface area contributed by atoms with Gasteiger partial charge in [-0.05, 0) is 31.5 Å². The summed E-state index contributed by atoms with van der Waals surface area (Å²) in [5.41, 5.74) is 4.56. The first-order chi connectivity index (χ1) is 8.72. The van der Waals surface area contributed by atoms with Crippen molar-refractivity contribution in [2.24, 2.45) is 0 Å². The second kappa shape index (κ2) is 8.64. The molecule has 1 atom stereocenters. The molecule has 4 heteroatoms. The number of halogens is 1. The predicted octanol–water partition coefficient (Wildman–Crippen LogP) is 3.12. The Morgan fingerprint density at radius 2 is 2.00 bits per heavy atom. The lowest BCUT2D eigenvalue weighted by molar-refractivity contribution is 0.108. The molecule has 3 nitrogen and oxygen atoms in total. The summed E-state index contributed by atoms with van der Waals surface area (Å²) in [7, 11) is 1.98. The van der Waals surface area contributed by atoms with Gasteiger partial charge in [0.25, 0.3) is 0 Å². The molecule has 0 saturated heterocycles. The molecule has 102 valence electrons. The zero-order valence-corrected chi connectivity index (χ0v) is 13.1. The summed E-state index contributed by atoms with van der Waals surface area (Å²) in [6.07, 6.45) is 2.58. The predicted molar refractivity (Wildman–Crippen MR) is 81.1 cm³/mol. The molecule has 0 aromatic heterocycles. The van der Waals surface area contributed by atoms with E-state index in [4.69, 9.17) is 0 Å². The summed E-state index contributed by atoms with van der Waals surface area (Å²) >= 11 is 3.58. The Morgan fingerprint density at radius 1 is 1.28 bits per heavy atom. The van der Waals surface area contributed by atoms with Crippen LogP contribution in [0.4, 0.5) is 0 Å². The third-order valence-electron chi connectivity index (χ3n) is 3.00. The summed E-state index contributed by atoms with van der Waals surface area (Å²) in [5, 5.41) is 5.86. The van der Waals surface area contributed by atoms with Crippen LogP contribution in [0.15, 0.2) is 28.7 Å². The molecule has 0 fully saturated rings. The Labute approximate surface area is 119 Å². The second-order valence-corrected chi connectivity index (χ2v) is 5.17. The van der Waals surface area contributed by atoms with E-state index in [1.807, 2.05) is 13.1 Å². The number of hydrogen-bond donors (Lipinski definition) is 2. The van der Waals surface area contributed by atoms with Crippen LogP contribution in [0, 0.1) is 0 Å². The molecule has 0 saturated carbocycles. The van der Waals surface area contributed by atoms with Gasteiger partial charge in [0.05, 0.1) is 6.17 Å². The Bertz CT molecular complexity index is 344. The van der Waals surface area contributed by atoms with Crippen molar-refractivity contribution in [3.63, 3.8) is 0 Å². The fourth-order valence-electron chi connectivity index (χ4n) is 2.01. The highest BCUT2D eigenvalue weighted by Crippen LogP contribution is 2.15. The highest BCUT2D eigenvalue weighted by molar-refractivity contribution is 9.10. The highest BCUT2D eigenvalue weighted by atomic mass is 79.9. The quantitative estimate of drug-likeness (QED) is 0.570. The van der Waals surface area contributed by atoms with Gasteiger partial charge in [0.1, 0.15) is 0 Å². The molecule has 0 aliphatic rings. The average Bonchev–Trinajstić information content (AvgIpc) is 2.40. The van der Waals surface area contributed by atoms with Crippen LogP contribution in [-0.2, 0) is 6.54 Å². The van der Waals surface area contributed by atoms with Gasteiger partial charge in [0, 0.05) is 17.6 Å².